The molecule has 0 radical (unpaired) electrons. The second-order valence-electron chi connectivity index (χ2n) is 4.91. The van der Waals surface area contributed by atoms with E-state index in [-0.39, 0.29) is 17.8 Å². The van der Waals surface area contributed by atoms with Gasteiger partial charge >= 0.3 is 0 Å². The van der Waals surface area contributed by atoms with Crippen LogP contribution in [0.2, 0.25) is 0 Å². The maximum atomic E-state index is 13.6. The first-order chi connectivity index (χ1) is 10.4. The van der Waals surface area contributed by atoms with Gasteiger partial charge < -0.3 is 0 Å². The number of amides is 1. The lowest BCUT2D eigenvalue weighted by molar-refractivity contribution is -0.121. The largest absolute Gasteiger partial charge is 0.271 e. The zero-order valence-electron chi connectivity index (χ0n) is 12.5. The van der Waals surface area contributed by atoms with Gasteiger partial charge in [0.05, 0.1) is 17.0 Å². The minimum Gasteiger partial charge on any atom is -0.271 e. The van der Waals surface area contributed by atoms with Gasteiger partial charge in [0, 0.05) is 5.69 Å². The van der Waals surface area contributed by atoms with E-state index in [4.69, 9.17) is 0 Å². The molecule has 2 aromatic rings. The van der Waals surface area contributed by atoms with E-state index < -0.39 is 17.5 Å². The molecular weight excluding hydrogens is 290 g/mol. The van der Waals surface area contributed by atoms with Crippen LogP contribution >= 0.6 is 0 Å². The molecule has 1 aromatic heterocycles. The van der Waals surface area contributed by atoms with Crippen molar-refractivity contribution < 1.29 is 13.6 Å². The second kappa shape index (κ2) is 6.46. The Labute approximate surface area is 126 Å². The predicted octanol–water partition coefficient (Wildman–Crippen LogP) is 2.32. The topological polar surface area (TPSA) is 59.3 Å². The summed E-state index contributed by atoms with van der Waals surface area (Å²) in [5, 5.41) is 7.90. The maximum Gasteiger partial charge on any atom is 0.261 e. The highest BCUT2D eigenvalue weighted by Gasteiger charge is 2.12. The fourth-order valence-corrected chi connectivity index (χ4v) is 2.05. The molecule has 7 heteroatoms. The minimum absolute atomic E-state index is 0.0177. The van der Waals surface area contributed by atoms with E-state index in [0.717, 1.165) is 23.5 Å². The van der Waals surface area contributed by atoms with Crippen LogP contribution in [0, 0.1) is 25.5 Å². The summed E-state index contributed by atoms with van der Waals surface area (Å²) in [6.45, 7) is 5.06. The Balaban J connectivity index is 2.07. The highest BCUT2D eigenvalue weighted by atomic mass is 19.1. The first-order valence-corrected chi connectivity index (χ1v) is 6.67. The maximum absolute atomic E-state index is 13.6. The summed E-state index contributed by atoms with van der Waals surface area (Å²) in [4.78, 5) is 11.8. The van der Waals surface area contributed by atoms with E-state index in [1.165, 1.54) is 17.7 Å². The molecule has 0 aliphatic rings. The molecule has 0 unspecified atom stereocenters. The lowest BCUT2D eigenvalue weighted by Crippen LogP contribution is -2.25. The number of nitrogens with one attached hydrogen (secondary N) is 1. The Kier molecular flexibility index (Phi) is 4.65. The van der Waals surface area contributed by atoms with Gasteiger partial charge in [-0.25, -0.2) is 14.2 Å². The van der Waals surface area contributed by atoms with Gasteiger partial charge in [0.25, 0.3) is 5.91 Å². The van der Waals surface area contributed by atoms with Crippen molar-refractivity contribution >= 4 is 11.6 Å². The first-order valence-electron chi connectivity index (χ1n) is 6.67. The molecule has 1 heterocycles. The molecule has 0 saturated heterocycles. The van der Waals surface area contributed by atoms with Crippen molar-refractivity contribution in [2.75, 3.05) is 0 Å². The van der Waals surface area contributed by atoms with Crippen LogP contribution in [-0.4, -0.2) is 21.4 Å². The summed E-state index contributed by atoms with van der Waals surface area (Å²) in [7, 11) is 0. The van der Waals surface area contributed by atoms with Gasteiger partial charge in [-0.1, -0.05) is 6.07 Å². The third-order valence-corrected chi connectivity index (χ3v) is 3.07. The zero-order valence-corrected chi connectivity index (χ0v) is 12.5. The number of benzene rings is 1. The fourth-order valence-electron chi connectivity index (χ4n) is 2.05. The molecule has 0 bridgehead atoms. The van der Waals surface area contributed by atoms with Crippen LogP contribution in [0.25, 0.3) is 0 Å². The first kappa shape index (κ1) is 15.8. The fraction of sp³-hybridized carbons (Fsp3) is 0.267. The lowest BCUT2D eigenvalue weighted by atomic mass is 10.1. The second-order valence-corrected chi connectivity index (χ2v) is 4.91. The van der Waals surface area contributed by atoms with E-state index in [1.807, 2.05) is 19.9 Å². The molecule has 0 saturated carbocycles. The standard InChI is InChI=1S/C15H16F2N4O/c1-9-7-10(2)21(20-9)8-14(22)19-18-11(3)15-12(16)5-4-6-13(15)17/h4-7H,8H2,1-3H3,(H,19,22)/b18-11-. The molecule has 0 aliphatic heterocycles. The highest BCUT2D eigenvalue weighted by Crippen LogP contribution is 2.12. The molecule has 1 aromatic carbocycles. The summed E-state index contributed by atoms with van der Waals surface area (Å²) < 4.78 is 28.7. The number of aromatic nitrogens is 2. The number of hydrazone groups is 1. The molecule has 0 spiro atoms. The van der Waals surface area contributed by atoms with Crippen LogP contribution in [0.15, 0.2) is 29.4 Å². The molecule has 0 aliphatic carbocycles. The predicted molar refractivity (Wildman–Crippen MR) is 78.4 cm³/mol. The zero-order chi connectivity index (χ0) is 16.3. The van der Waals surface area contributed by atoms with Crippen LogP contribution in [0.1, 0.15) is 23.9 Å². The Bertz CT molecular complexity index is 717. The monoisotopic (exact) mass is 306 g/mol. The van der Waals surface area contributed by atoms with E-state index >= 15 is 0 Å². The van der Waals surface area contributed by atoms with Gasteiger partial charge in [-0.05, 0) is 39.0 Å². The molecule has 0 atom stereocenters. The lowest BCUT2D eigenvalue weighted by Gasteiger charge is -2.06. The van der Waals surface area contributed by atoms with Crippen LogP contribution < -0.4 is 5.43 Å². The molecule has 1 N–H and O–H groups in total. The normalized spacial score (nSPS) is 11.6. The van der Waals surface area contributed by atoms with Gasteiger partial charge in [0.15, 0.2) is 0 Å². The smallest absolute Gasteiger partial charge is 0.261 e. The molecule has 0 fully saturated rings. The summed E-state index contributed by atoms with van der Waals surface area (Å²) in [6.07, 6.45) is 0. The van der Waals surface area contributed by atoms with Crippen LogP contribution in [0.3, 0.4) is 0 Å². The number of carbonyl (C=O) groups is 1. The number of halogens is 2. The van der Waals surface area contributed by atoms with Gasteiger partial charge in [-0.15, -0.1) is 0 Å². The molecule has 1 amide bonds. The van der Waals surface area contributed by atoms with E-state index in [9.17, 15) is 13.6 Å². The van der Waals surface area contributed by atoms with Gasteiger partial charge in [-0.3, -0.25) is 9.48 Å². The van der Waals surface area contributed by atoms with Crippen molar-refractivity contribution in [3.63, 3.8) is 0 Å². The third-order valence-electron chi connectivity index (χ3n) is 3.07. The van der Waals surface area contributed by atoms with Crippen molar-refractivity contribution in [3.8, 4) is 0 Å². The quantitative estimate of drug-likeness (QED) is 0.696. The number of carbonyl (C=O) groups excluding carboxylic acids is 1. The number of hydrogen-bond acceptors (Lipinski definition) is 3. The summed E-state index contributed by atoms with van der Waals surface area (Å²) >= 11 is 0. The highest BCUT2D eigenvalue weighted by molar-refractivity contribution is 5.99. The molecule has 22 heavy (non-hydrogen) atoms. The van der Waals surface area contributed by atoms with Crippen molar-refractivity contribution in [3.05, 3.63) is 52.9 Å². The molecule has 116 valence electrons. The summed E-state index contributed by atoms with van der Waals surface area (Å²) in [5.74, 6) is -1.88. The van der Waals surface area contributed by atoms with E-state index in [1.54, 1.807) is 0 Å². The van der Waals surface area contributed by atoms with Gasteiger partial charge in [0.1, 0.15) is 18.2 Å². The number of hydrogen-bond donors (Lipinski definition) is 1. The third kappa shape index (κ3) is 3.55. The molecule has 2 rings (SSSR count). The Hall–Kier alpha value is -2.57. The van der Waals surface area contributed by atoms with Crippen molar-refractivity contribution in [2.45, 2.75) is 27.3 Å². The van der Waals surface area contributed by atoms with Crippen molar-refractivity contribution in [1.82, 2.24) is 15.2 Å². The summed E-state index contributed by atoms with van der Waals surface area (Å²) in [6, 6.07) is 5.38. The van der Waals surface area contributed by atoms with E-state index in [0.29, 0.717) is 0 Å². The number of nitrogens with zero attached hydrogens (tertiary/aromatic N) is 3. The number of aryl methyl sites for hydroxylation is 2. The van der Waals surface area contributed by atoms with Crippen molar-refractivity contribution in [1.29, 1.82) is 0 Å². The average molecular weight is 306 g/mol. The SMILES string of the molecule is C/C(=N/NC(=O)Cn1nc(C)cc1C)c1c(F)cccc1F. The Morgan fingerprint density at radius 2 is 1.95 bits per heavy atom. The molecular formula is C15H16F2N4O. The van der Waals surface area contributed by atoms with Gasteiger partial charge in [-0.2, -0.15) is 10.2 Å². The molecule has 5 nitrogen and oxygen atoms in total. The average Bonchev–Trinajstić information content (AvgIpc) is 2.74. The van der Waals surface area contributed by atoms with E-state index in [2.05, 4.69) is 15.6 Å². The van der Waals surface area contributed by atoms with Crippen LogP contribution in [0.4, 0.5) is 8.78 Å². The number of rotatable bonds is 4. The van der Waals surface area contributed by atoms with Crippen LogP contribution in [0.5, 0.6) is 0 Å². The minimum atomic E-state index is -0.728. The van der Waals surface area contributed by atoms with Crippen molar-refractivity contribution in [2.24, 2.45) is 5.10 Å². The van der Waals surface area contributed by atoms with Gasteiger partial charge in [0.2, 0.25) is 0 Å². The van der Waals surface area contributed by atoms with Crippen LogP contribution in [-0.2, 0) is 11.3 Å². The Morgan fingerprint density at radius 3 is 2.50 bits per heavy atom. The Morgan fingerprint density at radius 1 is 1.32 bits per heavy atom. The summed E-state index contributed by atoms with van der Waals surface area (Å²) in [5.41, 5.74) is 3.72.